The van der Waals surface area contributed by atoms with Crippen molar-refractivity contribution in [2.45, 2.75) is 31.8 Å². The van der Waals surface area contributed by atoms with E-state index in [4.69, 9.17) is 4.42 Å². The van der Waals surface area contributed by atoms with Gasteiger partial charge in [0.1, 0.15) is 5.76 Å². The summed E-state index contributed by atoms with van der Waals surface area (Å²) < 4.78 is 5.35. The van der Waals surface area contributed by atoms with E-state index in [1.807, 2.05) is 18.2 Å². The average molecular weight is 259 g/mol. The molecule has 3 nitrogen and oxygen atoms in total. The lowest BCUT2D eigenvalue weighted by Crippen LogP contribution is -2.35. The van der Waals surface area contributed by atoms with Crippen LogP contribution in [0.25, 0.3) is 0 Å². The van der Waals surface area contributed by atoms with Crippen LogP contribution in [0.5, 0.6) is 0 Å². The van der Waals surface area contributed by atoms with E-state index in [1.165, 1.54) is 5.56 Å². The molecule has 0 radical (unpaired) electrons. The SMILES string of the molecule is CC(NC(CO)c1ccco1)C(C)c1ccccc1. The molecule has 3 heteroatoms. The quantitative estimate of drug-likeness (QED) is 0.838. The third-order valence-corrected chi connectivity index (χ3v) is 3.61. The fourth-order valence-electron chi connectivity index (χ4n) is 2.22. The van der Waals surface area contributed by atoms with Crippen LogP contribution < -0.4 is 5.32 Å². The summed E-state index contributed by atoms with van der Waals surface area (Å²) in [4.78, 5) is 0. The third kappa shape index (κ3) is 3.46. The van der Waals surface area contributed by atoms with E-state index in [0.717, 1.165) is 5.76 Å². The lowest BCUT2D eigenvalue weighted by atomic mass is 9.94. The highest BCUT2D eigenvalue weighted by atomic mass is 16.3. The van der Waals surface area contributed by atoms with Gasteiger partial charge in [0.2, 0.25) is 0 Å². The summed E-state index contributed by atoms with van der Waals surface area (Å²) in [6.07, 6.45) is 1.63. The first kappa shape index (κ1) is 13.8. The molecule has 0 fully saturated rings. The summed E-state index contributed by atoms with van der Waals surface area (Å²) in [5.74, 6) is 1.14. The average Bonchev–Trinajstić information content (AvgIpc) is 2.98. The van der Waals surface area contributed by atoms with Crippen LogP contribution in [-0.4, -0.2) is 17.8 Å². The maximum Gasteiger partial charge on any atom is 0.123 e. The van der Waals surface area contributed by atoms with Gasteiger partial charge in [0, 0.05) is 6.04 Å². The maximum absolute atomic E-state index is 9.48. The molecule has 1 heterocycles. The van der Waals surface area contributed by atoms with Crippen LogP contribution in [0.3, 0.4) is 0 Å². The molecule has 2 rings (SSSR count). The van der Waals surface area contributed by atoms with Crippen molar-refractivity contribution >= 4 is 0 Å². The monoisotopic (exact) mass is 259 g/mol. The Morgan fingerprint density at radius 1 is 1.11 bits per heavy atom. The second-order valence-electron chi connectivity index (χ2n) is 4.91. The molecule has 0 amide bonds. The molecular formula is C16H21NO2. The highest BCUT2D eigenvalue weighted by Gasteiger charge is 2.20. The first-order valence-corrected chi connectivity index (χ1v) is 6.67. The molecule has 2 N–H and O–H groups in total. The van der Waals surface area contributed by atoms with Crippen molar-refractivity contribution < 1.29 is 9.52 Å². The largest absolute Gasteiger partial charge is 0.468 e. The van der Waals surface area contributed by atoms with Crippen LogP contribution in [0.15, 0.2) is 53.1 Å². The Hall–Kier alpha value is -1.58. The Balaban J connectivity index is 2.02. The predicted molar refractivity (Wildman–Crippen MR) is 76.0 cm³/mol. The van der Waals surface area contributed by atoms with Crippen molar-refractivity contribution in [2.75, 3.05) is 6.61 Å². The standard InChI is InChI=1S/C16H21NO2/c1-12(14-7-4-3-5-8-14)13(2)17-15(11-18)16-9-6-10-19-16/h3-10,12-13,15,17-18H,11H2,1-2H3. The minimum atomic E-state index is -0.156. The van der Waals surface area contributed by atoms with E-state index >= 15 is 0 Å². The summed E-state index contributed by atoms with van der Waals surface area (Å²) in [5, 5.41) is 12.9. The van der Waals surface area contributed by atoms with Gasteiger partial charge in [0.15, 0.2) is 0 Å². The minimum absolute atomic E-state index is 0.0271. The van der Waals surface area contributed by atoms with Crippen molar-refractivity contribution in [3.8, 4) is 0 Å². The Bertz CT molecular complexity index is 467. The fraction of sp³-hybridized carbons (Fsp3) is 0.375. The van der Waals surface area contributed by atoms with Gasteiger partial charge in [-0.15, -0.1) is 0 Å². The normalized spacial score (nSPS) is 15.9. The van der Waals surface area contributed by atoms with Crippen LogP contribution in [0, 0.1) is 0 Å². The van der Waals surface area contributed by atoms with Crippen LogP contribution in [0.1, 0.15) is 37.1 Å². The van der Waals surface area contributed by atoms with E-state index in [-0.39, 0.29) is 18.7 Å². The van der Waals surface area contributed by atoms with E-state index < -0.39 is 0 Å². The molecule has 3 atom stereocenters. The zero-order valence-corrected chi connectivity index (χ0v) is 11.4. The number of nitrogens with one attached hydrogen (secondary N) is 1. The van der Waals surface area contributed by atoms with Gasteiger partial charge in [-0.1, -0.05) is 37.3 Å². The minimum Gasteiger partial charge on any atom is -0.468 e. The lowest BCUT2D eigenvalue weighted by molar-refractivity contribution is 0.212. The Labute approximate surface area is 114 Å². The molecule has 1 aromatic heterocycles. The third-order valence-electron chi connectivity index (χ3n) is 3.61. The number of hydrogen-bond donors (Lipinski definition) is 2. The number of hydrogen-bond acceptors (Lipinski definition) is 3. The first-order valence-electron chi connectivity index (χ1n) is 6.67. The zero-order chi connectivity index (χ0) is 13.7. The molecule has 0 aliphatic heterocycles. The zero-order valence-electron chi connectivity index (χ0n) is 11.4. The maximum atomic E-state index is 9.48. The van der Waals surface area contributed by atoms with Gasteiger partial charge >= 0.3 is 0 Å². The summed E-state index contributed by atoms with van der Waals surface area (Å²) in [6, 6.07) is 14.2. The molecule has 0 saturated heterocycles. The predicted octanol–water partition coefficient (Wildman–Crippen LogP) is 3.09. The van der Waals surface area contributed by atoms with Crippen molar-refractivity contribution in [1.82, 2.24) is 5.32 Å². The molecule has 0 spiro atoms. The van der Waals surface area contributed by atoms with Crippen LogP contribution in [-0.2, 0) is 0 Å². The number of aliphatic hydroxyl groups excluding tert-OH is 1. The molecule has 1 aromatic carbocycles. The lowest BCUT2D eigenvalue weighted by Gasteiger charge is -2.25. The van der Waals surface area contributed by atoms with Crippen molar-refractivity contribution in [3.63, 3.8) is 0 Å². The second-order valence-corrected chi connectivity index (χ2v) is 4.91. The molecule has 0 saturated carbocycles. The van der Waals surface area contributed by atoms with E-state index in [2.05, 4.69) is 43.4 Å². The number of furan rings is 1. The topological polar surface area (TPSA) is 45.4 Å². The van der Waals surface area contributed by atoms with Gasteiger partial charge in [0.25, 0.3) is 0 Å². The second kappa shape index (κ2) is 6.55. The number of rotatable bonds is 6. The fourth-order valence-corrected chi connectivity index (χ4v) is 2.22. The Morgan fingerprint density at radius 2 is 1.84 bits per heavy atom. The Kier molecular flexibility index (Phi) is 4.77. The first-order chi connectivity index (χ1) is 9.22. The van der Waals surface area contributed by atoms with Crippen molar-refractivity contribution in [3.05, 3.63) is 60.1 Å². The molecule has 19 heavy (non-hydrogen) atoms. The Morgan fingerprint density at radius 3 is 2.42 bits per heavy atom. The summed E-state index contributed by atoms with van der Waals surface area (Å²) >= 11 is 0. The van der Waals surface area contributed by atoms with Gasteiger partial charge in [-0.3, -0.25) is 0 Å². The molecule has 102 valence electrons. The summed E-state index contributed by atoms with van der Waals surface area (Å²) in [5.41, 5.74) is 1.29. The van der Waals surface area contributed by atoms with Gasteiger partial charge in [0.05, 0.1) is 18.9 Å². The highest BCUT2D eigenvalue weighted by Crippen LogP contribution is 2.22. The summed E-state index contributed by atoms with van der Waals surface area (Å²) in [7, 11) is 0. The van der Waals surface area contributed by atoms with E-state index in [1.54, 1.807) is 6.26 Å². The van der Waals surface area contributed by atoms with Crippen LogP contribution in [0.4, 0.5) is 0 Å². The van der Waals surface area contributed by atoms with Gasteiger partial charge in [-0.05, 0) is 30.5 Å². The summed E-state index contributed by atoms with van der Waals surface area (Å²) in [6.45, 7) is 4.34. The molecule has 0 bridgehead atoms. The van der Waals surface area contributed by atoms with Gasteiger partial charge in [-0.2, -0.15) is 0 Å². The van der Waals surface area contributed by atoms with E-state index in [9.17, 15) is 5.11 Å². The number of benzene rings is 1. The van der Waals surface area contributed by atoms with Gasteiger partial charge < -0.3 is 14.8 Å². The van der Waals surface area contributed by atoms with Crippen molar-refractivity contribution in [1.29, 1.82) is 0 Å². The number of aliphatic hydroxyl groups is 1. The van der Waals surface area contributed by atoms with E-state index in [0.29, 0.717) is 5.92 Å². The molecule has 2 aromatic rings. The molecule has 0 aliphatic rings. The van der Waals surface area contributed by atoms with Crippen LogP contribution in [0.2, 0.25) is 0 Å². The van der Waals surface area contributed by atoms with Crippen molar-refractivity contribution in [2.24, 2.45) is 0 Å². The van der Waals surface area contributed by atoms with Crippen LogP contribution >= 0.6 is 0 Å². The molecular weight excluding hydrogens is 238 g/mol. The van der Waals surface area contributed by atoms with Gasteiger partial charge in [-0.25, -0.2) is 0 Å². The molecule has 0 aliphatic carbocycles. The highest BCUT2D eigenvalue weighted by molar-refractivity contribution is 5.20. The smallest absolute Gasteiger partial charge is 0.123 e. The molecule has 3 unspecified atom stereocenters.